The number of hydrogen-bond acceptors (Lipinski definition) is 2. The zero-order valence-electron chi connectivity index (χ0n) is 13.6. The Morgan fingerprint density at radius 1 is 1.00 bits per heavy atom. The predicted molar refractivity (Wildman–Crippen MR) is 90.9 cm³/mol. The average Bonchev–Trinajstić information content (AvgIpc) is 2.52. The van der Waals surface area contributed by atoms with Gasteiger partial charge in [-0.2, -0.15) is 0 Å². The van der Waals surface area contributed by atoms with Crippen molar-refractivity contribution in [1.82, 2.24) is 5.32 Å². The molecule has 1 heterocycles. The van der Waals surface area contributed by atoms with Crippen molar-refractivity contribution in [2.24, 2.45) is 5.92 Å². The van der Waals surface area contributed by atoms with Crippen molar-refractivity contribution in [3.63, 3.8) is 0 Å². The minimum atomic E-state index is 0.648. The molecule has 116 valence electrons. The Morgan fingerprint density at radius 3 is 2.62 bits per heavy atom. The van der Waals surface area contributed by atoms with E-state index in [4.69, 9.17) is 0 Å². The summed E-state index contributed by atoms with van der Waals surface area (Å²) in [5.41, 5.74) is 4.08. The van der Waals surface area contributed by atoms with Gasteiger partial charge in [0, 0.05) is 17.8 Å². The van der Waals surface area contributed by atoms with Gasteiger partial charge in [0.1, 0.15) is 0 Å². The molecule has 1 saturated carbocycles. The van der Waals surface area contributed by atoms with Crippen LogP contribution in [0.2, 0.25) is 0 Å². The first-order valence-corrected chi connectivity index (χ1v) is 8.81. The zero-order chi connectivity index (χ0) is 14.7. The Labute approximate surface area is 129 Å². The highest BCUT2D eigenvalue weighted by Crippen LogP contribution is 2.33. The van der Waals surface area contributed by atoms with Gasteiger partial charge in [-0.15, -0.1) is 0 Å². The summed E-state index contributed by atoms with van der Waals surface area (Å²) in [6.07, 6.45) is 9.65. The SMILES string of the molecule is Cc1ccc(C)c(NC2CCCCC2C2CCCCN2)c1. The zero-order valence-corrected chi connectivity index (χ0v) is 13.6. The summed E-state index contributed by atoms with van der Waals surface area (Å²) in [6, 6.07) is 8.15. The third-order valence-corrected chi connectivity index (χ3v) is 5.42. The van der Waals surface area contributed by atoms with Gasteiger partial charge >= 0.3 is 0 Å². The molecule has 0 aromatic heterocycles. The summed E-state index contributed by atoms with van der Waals surface area (Å²) < 4.78 is 0. The fourth-order valence-corrected chi connectivity index (χ4v) is 4.16. The van der Waals surface area contributed by atoms with Crippen LogP contribution in [0.25, 0.3) is 0 Å². The van der Waals surface area contributed by atoms with Crippen molar-refractivity contribution in [1.29, 1.82) is 0 Å². The van der Waals surface area contributed by atoms with Gasteiger partial charge < -0.3 is 10.6 Å². The second-order valence-electron chi connectivity index (χ2n) is 7.07. The second kappa shape index (κ2) is 6.83. The molecule has 2 nitrogen and oxygen atoms in total. The van der Waals surface area contributed by atoms with E-state index in [-0.39, 0.29) is 0 Å². The Hall–Kier alpha value is -1.02. The highest BCUT2D eigenvalue weighted by atomic mass is 15.0. The molecule has 1 saturated heterocycles. The van der Waals surface area contributed by atoms with Crippen LogP contribution in [0.5, 0.6) is 0 Å². The number of hydrogen-bond donors (Lipinski definition) is 2. The normalized spacial score (nSPS) is 30.1. The van der Waals surface area contributed by atoms with Crippen LogP contribution >= 0.6 is 0 Å². The Kier molecular flexibility index (Phi) is 4.84. The van der Waals surface area contributed by atoms with E-state index in [2.05, 4.69) is 42.7 Å². The highest BCUT2D eigenvalue weighted by molar-refractivity contribution is 5.53. The lowest BCUT2D eigenvalue weighted by Gasteiger charge is -2.40. The Bertz CT molecular complexity index is 463. The summed E-state index contributed by atoms with van der Waals surface area (Å²) in [5, 5.41) is 7.69. The molecule has 3 unspecified atom stereocenters. The molecule has 0 spiro atoms. The molecule has 2 aliphatic rings. The Morgan fingerprint density at radius 2 is 1.81 bits per heavy atom. The van der Waals surface area contributed by atoms with E-state index in [9.17, 15) is 0 Å². The topological polar surface area (TPSA) is 24.1 Å². The molecular formula is C19H30N2. The molecule has 3 rings (SSSR count). The third kappa shape index (κ3) is 3.60. The molecule has 3 atom stereocenters. The number of benzene rings is 1. The lowest BCUT2D eigenvalue weighted by molar-refractivity contribution is 0.217. The van der Waals surface area contributed by atoms with Crippen molar-refractivity contribution in [3.8, 4) is 0 Å². The molecule has 0 amide bonds. The quantitative estimate of drug-likeness (QED) is 0.859. The summed E-state index contributed by atoms with van der Waals surface area (Å²) in [4.78, 5) is 0. The summed E-state index contributed by atoms with van der Waals surface area (Å²) in [6.45, 7) is 5.63. The first-order chi connectivity index (χ1) is 10.2. The fraction of sp³-hybridized carbons (Fsp3) is 0.684. The van der Waals surface area contributed by atoms with Gasteiger partial charge in [0.2, 0.25) is 0 Å². The lowest BCUT2D eigenvalue weighted by Crippen LogP contribution is -2.48. The van der Waals surface area contributed by atoms with Gasteiger partial charge in [-0.05, 0) is 69.2 Å². The van der Waals surface area contributed by atoms with Crippen LogP contribution < -0.4 is 10.6 Å². The molecule has 0 radical (unpaired) electrons. The Balaban J connectivity index is 1.73. The maximum atomic E-state index is 3.90. The van der Waals surface area contributed by atoms with E-state index in [0.717, 1.165) is 12.0 Å². The lowest BCUT2D eigenvalue weighted by atomic mass is 9.77. The van der Waals surface area contributed by atoms with Crippen LogP contribution in [-0.4, -0.2) is 18.6 Å². The van der Waals surface area contributed by atoms with Crippen molar-refractivity contribution < 1.29 is 0 Å². The maximum absolute atomic E-state index is 3.90. The van der Waals surface area contributed by atoms with Gasteiger partial charge in [-0.25, -0.2) is 0 Å². The molecule has 2 heteroatoms. The van der Waals surface area contributed by atoms with Crippen LogP contribution in [-0.2, 0) is 0 Å². The van der Waals surface area contributed by atoms with E-state index < -0.39 is 0 Å². The number of nitrogens with one attached hydrogen (secondary N) is 2. The van der Waals surface area contributed by atoms with Crippen molar-refractivity contribution >= 4 is 5.69 Å². The van der Waals surface area contributed by atoms with E-state index in [1.54, 1.807) is 0 Å². The van der Waals surface area contributed by atoms with Crippen LogP contribution in [0.4, 0.5) is 5.69 Å². The molecule has 2 N–H and O–H groups in total. The number of anilines is 1. The van der Waals surface area contributed by atoms with Crippen LogP contribution in [0, 0.1) is 19.8 Å². The smallest absolute Gasteiger partial charge is 0.0374 e. The van der Waals surface area contributed by atoms with E-state index >= 15 is 0 Å². The van der Waals surface area contributed by atoms with E-state index in [1.807, 2.05) is 0 Å². The first-order valence-electron chi connectivity index (χ1n) is 8.81. The predicted octanol–water partition coefficient (Wildman–Crippen LogP) is 4.42. The monoisotopic (exact) mass is 286 g/mol. The van der Waals surface area contributed by atoms with Crippen molar-refractivity contribution in [2.75, 3.05) is 11.9 Å². The highest BCUT2D eigenvalue weighted by Gasteiger charge is 2.32. The molecule has 21 heavy (non-hydrogen) atoms. The van der Waals surface area contributed by atoms with Crippen LogP contribution in [0.3, 0.4) is 0 Å². The molecular weight excluding hydrogens is 256 g/mol. The van der Waals surface area contributed by atoms with Crippen LogP contribution in [0.15, 0.2) is 18.2 Å². The van der Waals surface area contributed by atoms with Crippen molar-refractivity contribution in [3.05, 3.63) is 29.3 Å². The molecule has 1 aliphatic heterocycles. The van der Waals surface area contributed by atoms with Gasteiger partial charge in [0.25, 0.3) is 0 Å². The molecule has 1 aliphatic carbocycles. The van der Waals surface area contributed by atoms with Gasteiger partial charge in [-0.3, -0.25) is 0 Å². The number of rotatable bonds is 3. The molecule has 1 aromatic rings. The maximum Gasteiger partial charge on any atom is 0.0374 e. The summed E-state index contributed by atoms with van der Waals surface area (Å²) in [5.74, 6) is 0.805. The fourth-order valence-electron chi connectivity index (χ4n) is 4.16. The van der Waals surface area contributed by atoms with Gasteiger partial charge in [0.05, 0.1) is 0 Å². The van der Waals surface area contributed by atoms with E-state index in [1.165, 1.54) is 68.3 Å². The minimum absolute atomic E-state index is 0.648. The molecule has 1 aromatic carbocycles. The summed E-state index contributed by atoms with van der Waals surface area (Å²) >= 11 is 0. The average molecular weight is 286 g/mol. The number of piperidine rings is 1. The molecule has 2 fully saturated rings. The summed E-state index contributed by atoms with van der Waals surface area (Å²) in [7, 11) is 0. The number of aryl methyl sites for hydroxylation is 2. The standard InChI is InChI=1S/C19H30N2/c1-14-10-11-15(2)19(13-14)21-18-9-4-3-7-16(18)17-8-5-6-12-20-17/h10-11,13,16-18,20-21H,3-9,12H2,1-2H3. The third-order valence-electron chi connectivity index (χ3n) is 5.42. The van der Waals surface area contributed by atoms with Crippen molar-refractivity contribution in [2.45, 2.75) is 70.9 Å². The largest absolute Gasteiger partial charge is 0.382 e. The minimum Gasteiger partial charge on any atom is -0.382 e. The molecule has 0 bridgehead atoms. The van der Waals surface area contributed by atoms with Crippen LogP contribution in [0.1, 0.15) is 56.1 Å². The van der Waals surface area contributed by atoms with Gasteiger partial charge in [0.15, 0.2) is 0 Å². The van der Waals surface area contributed by atoms with E-state index in [0.29, 0.717) is 6.04 Å². The first kappa shape index (κ1) is 14.9. The second-order valence-corrected chi connectivity index (χ2v) is 7.07. The van der Waals surface area contributed by atoms with Gasteiger partial charge in [-0.1, -0.05) is 31.4 Å².